The Hall–Kier alpha value is -3.55. The summed E-state index contributed by atoms with van der Waals surface area (Å²) in [5, 5.41) is 22.7. The van der Waals surface area contributed by atoms with Gasteiger partial charge in [-0.05, 0) is 100 Å². The molecule has 0 unspecified atom stereocenters. The van der Waals surface area contributed by atoms with Crippen LogP contribution in [-0.2, 0) is 16.1 Å². The summed E-state index contributed by atoms with van der Waals surface area (Å²) in [4.78, 5) is 27.8. The lowest BCUT2D eigenvalue weighted by atomic mass is 10.2. The second-order valence-electron chi connectivity index (χ2n) is 9.06. The van der Waals surface area contributed by atoms with E-state index < -0.39 is 0 Å². The molecule has 0 saturated carbocycles. The molecule has 5 rings (SSSR count). The molecule has 14 heteroatoms. The number of nitrogens with zero attached hydrogens (tertiary/aromatic N) is 3. The number of carbonyl (C=O) groups excluding carboxylic acids is 2. The first-order chi connectivity index (χ1) is 21.2. The number of aromatic hydroxyl groups is 1. The van der Waals surface area contributed by atoms with Crippen LogP contribution in [0.1, 0.15) is 16.9 Å². The number of phenolic OH excluding ortho intramolecular Hbond substituents is 1. The Morgan fingerprint density at radius 2 is 1.84 bits per heavy atom. The second-order valence-corrected chi connectivity index (χ2v) is 12.7. The van der Waals surface area contributed by atoms with Crippen LogP contribution in [0.25, 0.3) is 6.08 Å². The maximum absolute atomic E-state index is 13.6. The van der Waals surface area contributed by atoms with Gasteiger partial charge in [0.15, 0.2) is 11.8 Å². The van der Waals surface area contributed by atoms with Gasteiger partial charge in [-0.25, -0.2) is 0 Å². The molecular formula is C30H20Br2Cl2N4O5S. The zero-order chi connectivity index (χ0) is 31.2. The summed E-state index contributed by atoms with van der Waals surface area (Å²) in [7, 11) is 0. The number of phenols is 1. The molecule has 224 valence electrons. The van der Waals surface area contributed by atoms with E-state index in [0.29, 0.717) is 47.7 Å². The SMILES string of the molecule is O=C(COc1ccc(Cl)cc1/C=C1\S/C(=N/N=C\c2cc(Br)cc(Br)c2O)N(Cc2ccco2)C1=O)Nc1ccc(Cl)cc1. The van der Waals surface area contributed by atoms with Crippen molar-refractivity contribution in [2.75, 3.05) is 11.9 Å². The third-order valence-electron chi connectivity index (χ3n) is 5.93. The van der Waals surface area contributed by atoms with Crippen LogP contribution in [0.5, 0.6) is 11.5 Å². The highest BCUT2D eigenvalue weighted by Crippen LogP contribution is 2.36. The minimum Gasteiger partial charge on any atom is -0.506 e. The molecule has 4 aromatic rings. The number of ether oxygens (including phenoxy) is 1. The Bertz CT molecular complexity index is 1800. The molecule has 0 atom stereocenters. The second kappa shape index (κ2) is 14.5. The third-order valence-corrected chi connectivity index (χ3v) is 8.47. The van der Waals surface area contributed by atoms with Crippen LogP contribution < -0.4 is 10.1 Å². The number of halogens is 4. The molecule has 2 N–H and O–H groups in total. The largest absolute Gasteiger partial charge is 0.506 e. The van der Waals surface area contributed by atoms with Gasteiger partial charge in [-0.15, -0.1) is 5.10 Å². The highest BCUT2D eigenvalue weighted by Gasteiger charge is 2.34. The summed E-state index contributed by atoms with van der Waals surface area (Å²) >= 11 is 20.0. The molecule has 0 spiro atoms. The number of rotatable bonds is 9. The van der Waals surface area contributed by atoms with Crippen molar-refractivity contribution in [2.45, 2.75) is 6.54 Å². The van der Waals surface area contributed by atoms with Gasteiger partial charge >= 0.3 is 0 Å². The lowest BCUT2D eigenvalue weighted by Crippen LogP contribution is -2.28. The number of nitrogens with one attached hydrogen (secondary N) is 1. The first-order valence-corrected chi connectivity index (χ1v) is 15.8. The number of furan rings is 1. The molecule has 1 aromatic heterocycles. The lowest BCUT2D eigenvalue weighted by molar-refractivity contribution is -0.122. The molecule has 1 fully saturated rings. The Morgan fingerprint density at radius 3 is 2.59 bits per heavy atom. The van der Waals surface area contributed by atoms with Gasteiger partial charge in [0.25, 0.3) is 11.8 Å². The molecular weight excluding hydrogens is 759 g/mol. The molecule has 0 aliphatic carbocycles. The minimum atomic E-state index is -0.382. The zero-order valence-corrected chi connectivity index (χ0v) is 27.8. The summed E-state index contributed by atoms with van der Waals surface area (Å²) in [6.45, 7) is -0.173. The zero-order valence-electron chi connectivity index (χ0n) is 22.3. The number of thioether (sulfide) groups is 1. The first-order valence-electron chi connectivity index (χ1n) is 12.7. The molecule has 2 amide bonds. The molecule has 9 nitrogen and oxygen atoms in total. The highest BCUT2D eigenvalue weighted by molar-refractivity contribution is 9.11. The van der Waals surface area contributed by atoms with Crippen molar-refractivity contribution in [3.8, 4) is 11.5 Å². The van der Waals surface area contributed by atoms with Crippen LogP contribution in [0, 0.1) is 0 Å². The van der Waals surface area contributed by atoms with Crippen LogP contribution >= 0.6 is 66.8 Å². The first kappa shape index (κ1) is 31.9. The Labute approximate surface area is 282 Å². The van der Waals surface area contributed by atoms with E-state index >= 15 is 0 Å². The van der Waals surface area contributed by atoms with Crippen LogP contribution in [0.15, 0.2) is 101 Å². The molecule has 2 heterocycles. The predicted octanol–water partition coefficient (Wildman–Crippen LogP) is 8.34. The number of anilines is 1. The van der Waals surface area contributed by atoms with Crippen LogP contribution in [0.4, 0.5) is 5.69 Å². The van der Waals surface area contributed by atoms with Crippen molar-refractivity contribution in [2.24, 2.45) is 10.2 Å². The number of hydrogen-bond acceptors (Lipinski definition) is 8. The lowest BCUT2D eigenvalue weighted by Gasteiger charge is -2.13. The molecule has 1 aliphatic heterocycles. The molecule has 1 aliphatic rings. The van der Waals surface area contributed by atoms with E-state index in [2.05, 4.69) is 47.4 Å². The van der Waals surface area contributed by atoms with E-state index in [-0.39, 0.29) is 35.9 Å². The fourth-order valence-electron chi connectivity index (χ4n) is 3.88. The van der Waals surface area contributed by atoms with Gasteiger partial charge in [0, 0.05) is 31.3 Å². The van der Waals surface area contributed by atoms with E-state index in [1.807, 2.05) is 0 Å². The van der Waals surface area contributed by atoms with E-state index in [1.54, 1.807) is 72.8 Å². The molecule has 0 radical (unpaired) electrons. The number of benzene rings is 3. The quantitative estimate of drug-likeness (QED) is 0.100. The number of carbonyl (C=O) groups is 2. The van der Waals surface area contributed by atoms with Crippen LogP contribution in [0.2, 0.25) is 10.0 Å². The summed E-state index contributed by atoms with van der Waals surface area (Å²) in [6.07, 6.45) is 4.51. The van der Waals surface area contributed by atoms with E-state index in [0.717, 1.165) is 16.2 Å². The standard InChI is InChI=1S/C30H20Br2Cl2N4O5S/c31-19-10-18(28(40)24(32)13-19)14-35-37-30-38(15-23-2-1-9-42-23)29(41)26(44-30)12-17-11-21(34)5-8-25(17)43-16-27(39)36-22-6-3-20(33)4-7-22/h1-14,40H,15-16H2,(H,36,39)/b26-12-,35-14-,37-30+. The molecule has 3 aromatic carbocycles. The number of amides is 2. The monoisotopic (exact) mass is 776 g/mol. The maximum atomic E-state index is 13.6. The van der Waals surface area contributed by atoms with Crippen molar-refractivity contribution in [3.05, 3.63) is 114 Å². The average Bonchev–Trinajstić information content (AvgIpc) is 3.60. The Morgan fingerprint density at radius 1 is 1.07 bits per heavy atom. The smallest absolute Gasteiger partial charge is 0.267 e. The van der Waals surface area contributed by atoms with E-state index in [4.69, 9.17) is 32.4 Å². The molecule has 44 heavy (non-hydrogen) atoms. The fourth-order valence-corrected chi connectivity index (χ4v) is 6.37. The van der Waals surface area contributed by atoms with Crippen LogP contribution in [0.3, 0.4) is 0 Å². The van der Waals surface area contributed by atoms with Gasteiger partial charge in [-0.1, -0.05) is 39.1 Å². The summed E-state index contributed by atoms with van der Waals surface area (Å²) in [6, 6.07) is 18.4. The molecule has 1 saturated heterocycles. The van der Waals surface area contributed by atoms with Crippen LogP contribution in [-0.4, -0.2) is 39.8 Å². The third kappa shape index (κ3) is 8.13. The average molecular weight is 779 g/mol. The van der Waals surface area contributed by atoms with Gasteiger partial charge in [0.2, 0.25) is 0 Å². The van der Waals surface area contributed by atoms with Crippen molar-refractivity contribution >= 4 is 102 Å². The van der Waals surface area contributed by atoms with E-state index in [1.165, 1.54) is 17.4 Å². The van der Waals surface area contributed by atoms with Crippen molar-refractivity contribution in [1.82, 2.24) is 4.90 Å². The normalized spacial score (nSPS) is 15.1. The Kier molecular flexibility index (Phi) is 10.5. The van der Waals surface area contributed by atoms with Gasteiger partial charge in [0.1, 0.15) is 17.3 Å². The van der Waals surface area contributed by atoms with Gasteiger partial charge in [-0.2, -0.15) is 5.10 Å². The molecule has 0 bridgehead atoms. The minimum absolute atomic E-state index is 0.00402. The topological polar surface area (TPSA) is 117 Å². The van der Waals surface area contributed by atoms with E-state index in [9.17, 15) is 14.7 Å². The van der Waals surface area contributed by atoms with Gasteiger partial charge < -0.3 is 19.6 Å². The maximum Gasteiger partial charge on any atom is 0.267 e. The van der Waals surface area contributed by atoms with Crippen molar-refractivity contribution in [1.29, 1.82) is 0 Å². The van der Waals surface area contributed by atoms with Crippen molar-refractivity contribution in [3.63, 3.8) is 0 Å². The predicted molar refractivity (Wildman–Crippen MR) is 180 cm³/mol. The van der Waals surface area contributed by atoms with Gasteiger partial charge in [0.05, 0.1) is 28.4 Å². The number of amidine groups is 1. The summed E-state index contributed by atoms with van der Waals surface area (Å²) in [5.41, 5.74) is 1.47. The highest BCUT2D eigenvalue weighted by atomic mass is 79.9. The fraction of sp³-hybridized carbons (Fsp3) is 0.0667. The summed E-state index contributed by atoms with van der Waals surface area (Å²) in [5.74, 6) is 0.158. The number of hydrogen-bond donors (Lipinski definition) is 2. The van der Waals surface area contributed by atoms with Crippen molar-refractivity contribution < 1.29 is 23.8 Å². The Balaban J connectivity index is 1.39. The van der Waals surface area contributed by atoms with Gasteiger partial charge in [-0.3, -0.25) is 14.5 Å². The summed E-state index contributed by atoms with van der Waals surface area (Å²) < 4.78 is 12.5.